The average Bonchev–Trinajstić information content (AvgIpc) is 3.03. The first-order chi connectivity index (χ1) is 11.3. The van der Waals surface area contributed by atoms with Crippen LogP contribution in [-0.2, 0) is 25.7 Å². The first-order valence-electron chi connectivity index (χ1n) is 8.37. The van der Waals surface area contributed by atoms with Crippen LogP contribution in [0, 0.1) is 0 Å². The molecule has 0 bridgehead atoms. The second kappa shape index (κ2) is 7.59. The molecule has 1 aromatic carbocycles. The standard InChI is InChI=1S/C18H24N4S/c1-2-17-21-14(12-23-17)10-11-20-18(19)22-16-9-5-7-13-6-3-4-8-15(13)16/h5,7,9,12H,2-4,6,8,10-11H2,1H3,(H3,19,20,22). The van der Waals surface area contributed by atoms with Crippen molar-refractivity contribution < 1.29 is 0 Å². The lowest BCUT2D eigenvalue weighted by atomic mass is 9.90. The van der Waals surface area contributed by atoms with Gasteiger partial charge in [-0.25, -0.2) is 4.98 Å². The van der Waals surface area contributed by atoms with Gasteiger partial charge in [-0.1, -0.05) is 19.1 Å². The zero-order chi connectivity index (χ0) is 16.1. The molecule has 1 aliphatic carbocycles. The SMILES string of the molecule is CCc1nc(CCN=C(N)Nc2cccc3c2CCCC3)cs1. The molecule has 1 aliphatic rings. The molecule has 0 radical (unpaired) electrons. The van der Waals surface area contributed by atoms with Gasteiger partial charge in [0.1, 0.15) is 0 Å². The molecule has 5 heteroatoms. The maximum atomic E-state index is 6.06. The van der Waals surface area contributed by atoms with Gasteiger partial charge in [-0.2, -0.15) is 0 Å². The van der Waals surface area contributed by atoms with Crippen molar-refractivity contribution in [1.29, 1.82) is 0 Å². The van der Waals surface area contributed by atoms with Gasteiger partial charge in [-0.05, 0) is 49.3 Å². The summed E-state index contributed by atoms with van der Waals surface area (Å²) in [5.74, 6) is 0.495. The predicted octanol–water partition coefficient (Wildman–Crippen LogP) is 3.55. The molecule has 0 aliphatic heterocycles. The van der Waals surface area contributed by atoms with Crippen molar-refractivity contribution in [2.24, 2.45) is 10.7 Å². The molecule has 1 aromatic heterocycles. The highest BCUT2D eigenvalue weighted by Crippen LogP contribution is 2.27. The van der Waals surface area contributed by atoms with Crippen LogP contribution >= 0.6 is 11.3 Å². The second-order valence-electron chi connectivity index (χ2n) is 5.88. The van der Waals surface area contributed by atoms with E-state index < -0.39 is 0 Å². The largest absolute Gasteiger partial charge is 0.370 e. The van der Waals surface area contributed by atoms with Crippen LogP contribution in [0.1, 0.15) is 41.6 Å². The number of rotatable bonds is 5. The van der Waals surface area contributed by atoms with E-state index >= 15 is 0 Å². The maximum Gasteiger partial charge on any atom is 0.193 e. The van der Waals surface area contributed by atoms with Crippen molar-refractivity contribution in [1.82, 2.24) is 4.98 Å². The van der Waals surface area contributed by atoms with Gasteiger partial charge in [-0.15, -0.1) is 11.3 Å². The third kappa shape index (κ3) is 4.10. The number of nitrogens with one attached hydrogen (secondary N) is 1. The number of anilines is 1. The number of thiazole rings is 1. The highest BCUT2D eigenvalue weighted by atomic mass is 32.1. The number of guanidine groups is 1. The van der Waals surface area contributed by atoms with Crippen LogP contribution in [0.3, 0.4) is 0 Å². The molecule has 1 heterocycles. The average molecular weight is 328 g/mol. The fourth-order valence-corrected chi connectivity index (χ4v) is 3.77. The molecular formula is C18H24N4S. The molecule has 2 aromatic rings. The van der Waals surface area contributed by atoms with Crippen LogP contribution in [0.25, 0.3) is 0 Å². The Morgan fingerprint density at radius 1 is 1.35 bits per heavy atom. The molecule has 122 valence electrons. The molecular weight excluding hydrogens is 304 g/mol. The number of aromatic nitrogens is 1. The minimum atomic E-state index is 0.495. The van der Waals surface area contributed by atoms with E-state index in [2.05, 4.69) is 45.8 Å². The molecule has 0 amide bonds. The Hall–Kier alpha value is -1.88. The van der Waals surface area contributed by atoms with Crippen molar-refractivity contribution in [2.45, 2.75) is 45.4 Å². The minimum absolute atomic E-state index is 0.495. The molecule has 0 fully saturated rings. The molecule has 0 saturated heterocycles. The van der Waals surface area contributed by atoms with Crippen molar-refractivity contribution >= 4 is 23.0 Å². The fraction of sp³-hybridized carbons (Fsp3) is 0.444. The lowest BCUT2D eigenvalue weighted by Gasteiger charge is -2.19. The summed E-state index contributed by atoms with van der Waals surface area (Å²) in [5, 5.41) is 6.59. The minimum Gasteiger partial charge on any atom is -0.370 e. The van der Waals surface area contributed by atoms with Crippen LogP contribution in [0.2, 0.25) is 0 Å². The van der Waals surface area contributed by atoms with Gasteiger partial charge in [0.15, 0.2) is 5.96 Å². The topological polar surface area (TPSA) is 63.3 Å². The van der Waals surface area contributed by atoms with E-state index in [4.69, 9.17) is 5.73 Å². The van der Waals surface area contributed by atoms with E-state index in [1.807, 2.05) is 0 Å². The highest BCUT2D eigenvalue weighted by molar-refractivity contribution is 7.09. The Morgan fingerprint density at radius 3 is 3.04 bits per heavy atom. The van der Waals surface area contributed by atoms with Crippen molar-refractivity contribution in [3.8, 4) is 0 Å². The monoisotopic (exact) mass is 328 g/mol. The Balaban J connectivity index is 1.59. The van der Waals surface area contributed by atoms with Crippen LogP contribution in [0.15, 0.2) is 28.6 Å². The summed E-state index contributed by atoms with van der Waals surface area (Å²) in [6.45, 7) is 2.80. The van der Waals surface area contributed by atoms with Gasteiger partial charge >= 0.3 is 0 Å². The highest BCUT2D eigenvalue weighted by Gasteiger charge is 2.13. The number of nitrogens with two attached hydrogens (primary N) is 1. The van der Waals surface area contributed by atoms with E-state index in [0.29, 0.717) is 12.5 Å². The Morgan fingerprint density at radius 2 is 2.22 bits per heavy atom. The van der Waals surface area contributed by atoms with Gasteiger partial charge in [0, 0.05) is 24.0 Å². The Bertz CT molecular complexity index is 690. The summed E-state index contributed by atoms with van der Waals surface area (Å²) in [7, 11) is 0. The molecule has 0 atom stereocenters. The number of benzene rings is 1. The second-order valence-corrected chi connectivity index (χ2v) is 6.82. The quantitative estimate of drug-likeness (QED) is 0.651. The molecule has 0 saturated carbocycles. The summed E-state index contributed by atoms with van der Waals surface area (Å²) < 4.78 is 0. The molecule has 0 unspecified atom stereocenters. The zero-order valence-corrected chi connectivity index (χ0v) is 14.5. The first kappa shape index (κ1) is 16.0. The van der Waals surface area contributed by atoms with E-state index in [0.717, 1.165) is 30.6 Å². The number of hydrogen-bond donors (Lipinski definition) is 2. The molecule has 0 spiro atoms. The summed E-state index contributed by atoms with van der Waals surface area (Å²) in [6, 6.07) is 6.42. The molecule has 3 rings (SSSR count). The number of aryl methyl sites for hydroxylation is 2. The number of hydrogen-bond acceptors (Lipinski definition) is 3. The van der Waals surface area contributed by atoms with Crippen LogP contribution in [0.5, 0.6) is 0 Å². The van der Waals surface area contributed by atoms with Crippen LogP contribution < -0.4 is 11.1 Å². The number of fused-ring (bicyclic) bond motifs is 1. The molecule has 23 heavy (non-hydrogen) atoms. The van der Waals surface area contributed by atoms with E-state index in [1.54, 1.807) is 11.3 Å². The lowest BCUT2D eigenvalue weighted by Crippen LogP contribution is -2.24. The van der Waals surface area contributed by atoms with Gasteiger partial charge < -0.3 is 11.1 Å². The number of aliphatic imine (C=N–C) groups is 1. The van der Waals surface area contributed by atoms with E-state index in [1.165, 1.54) is 35.4 Å². The predicted molar refractivity (Wildman–Crippen MR) is 98.4 cm³/mol. The normalized spacial score (nSPS) is 14.6. The van der Waals surface area contributed by atoms with E-state index in [-0.39, 0.29) is 0 Å². The summed E-state index contributed by atoms with van der Waals surface area (Å²) >= 11 is 1.72. The Kier molecular flexibility index (Phi) is 5.28. The van der Waals surface area contributed by atoms with E-state index in [9.17, 15) is 0 Å². The third-order valence-corrected chi connectivity index (χ3v) is 5.25. The van der Waals surface area contributed by atoms with Crippen molar-refractivity contribution in [3.63, 3.8) is 0 Å². The van der Waals surface area contributed by atoms with Gasteiger partial charge in [0.05, 0.1) is 10.7 Å². The summed E-state index contributed by atoms with van der Waals surface area (Å²) in [5.41, 5.74) is 11.1. The van der Waals surface area contributed by atoms with Crippen LogP contribution in [-0.4, -0.2) is 17.5 Å². The first-order valence-corrected chi connectivity index (χ1v) is 9.25. The third-order valence-electron chi connectivity index (χ3n) is 4.21. The molecule has 4 nitrogen and oxygen atoms in total. The molecule has 3 N–H and O–H groups in total. The Labute approximate surface area is 141 Å². The van der Waals surface area contributed by atoms with Gasteiger partial charge in [0.25, 0.3) is 0 Å². The lowest BCUT2D eigenvalue weighted by molar-refractivity contribution is 0.687. The number of nitrogens with zero attached hydrogens (tertiary/aromatic N) is 2. The maximum absolute atomic E-state index is 6.06. The fourth-order valence-electron chi connectivity index (χ4n) is 2.99. The van der Waals surface area contributed by atoms with Crippen LogP contribution in [0.4, 0.5) is 5.69 Å². The van der Waals surface area contributed by atoms with Gasteiger partial charge in [0.2, 0.25) is 0 Å². The van der Waals surface area contributed by atoms with Crippen molar-refractivity contribution in [3.05, 3.63) is 45.4 Å². The van der Waals surface area contributed by atoms with Crippen molar-refractivity contribution in [2.75, 3.05) is 11.9 Å². The summed E-state index contributed by atoms with van der Waals surface area (Å²) in [4.78, 5) is 9.00. The summed E-state index contributed by atoms with van der Waals surface area (Å²) in [6.07, 6.45) is 6.68. The zero-order valence-electron chi connectivity index (χ0n) is 13.6. The van der Waals surface area contributed by atoms with Gasteiger partial charge in [-0.3, -0.25) is 4.99 Å². The smallest absolute Gasteiger partial charge is 0.193 e.